The molecule has 2 rings (SSSR count). The maximum Gasteiger partial charge on any atom is 0.142 e. The monoisotopic (exact) mass is 272 g/mol. The Balaban J connectivity index is 2.25. The third-order valence-corrected chi connectivity index (χ3v) is 3.22. The summed E-state index contributed by atoms with van der Waals surface area (Å²) in [5.74, 6) is 1.65. The Hall–Kier alpha value is -2.36. The van der Waals surface area contributed by atoms with E-state index in [2.05, 4.69) is 4.90 Å². The summed E-state index contributed by atoms with van der Waals surface area (Å²) in [4.78, 5) is 2.12. The summed E-state index contributed by atoms with van der Waals surface area (Å²) in [6.07, 6.45) is 0. The van der Waals surface area contributed by atoms with Crippen molar-refractivity contribution in [2.75, 3.05) is 31.9 Å². The molecule has 4 heteroatoms. The fraction of sp³-hybridized carbons (Fsp3) is 0.250. The summed E-state index contributed by atoms with van der Waals surface area (Å²) in [6, 6.07) is 13.6. The second-order valence-corrected chi connectivity index (χ2v) is 4.60. The first-order valence-electron chi connectivity index (χ1n) is 6.42. The van der Waals surface area contributed by atoms with Crippen molar-refractivity contribution < 1.29 is 9.47 Å². The van der Waals surface area contributed by atoms with Gasteiger partial charge in [-0.25, -0.2) is 0 Å². The van der Waals surface area contributed by atoms with Gasteiger partial charge in [0.15, 0.2) is 0 Å². The first-order valence-corrected chi connectivity index (χ1v) is 6.42. The van der Waals surface area contributed by atoms with Crippen molar-refractivity contribution in [2.45, 2.75) is 6.54 Å². The van der Waals surface area contributed by atoms with E-state index in [0.717, 1.165) is 22.7 Å². The molecule has 4 nitrogen and oxygen atoms in total. The molecule has 0 aliphatic heterocycles. The number of nitrogen functional groups attached to an aromatic ring is 1. The fourth-order valence-corrected chi connectivity index (χ4v) is 2.18. The summed E-state index contributed by atoms with van der Waals surface area (Å²) in [5.41, 5.74) is 8.59. The molecular formula is C16H20N2O2. The molecule has 0 radical (unpaired) electrons. The minimum absolute atomic E-state index is 0.700. The minimum atomic E-state index is 0.700. The van der Waals surface area contributed by atoms with E-state index in [9.17, 15) is 0 Å². The zero-order chi connectivity index (χ0) is 14.5. The number of benzene rings is 2. The van der Waals surface area contributed by atoms with Gasteiger partial charge < -0.3 is 20.1 Å². The van der Waals surface area contributed by atoms with E-state index < -0.39 is 0 Å². The molecule has 0 saturated heterocycles. The van der Waals surface area contributed by atoms with Crippen LogP contribution < -0.4 is 20.1 Å². The smallest absolute Gasteiger partial charge is 0.142 e. The Labute approximate surface area is 119 Å². The SMILES string of the molecule is COc1cc(N)ccc1CN(C)c1ccccc1OC. The molecular weight excluding hydrogens is 252 g/mol. The van der Waals surface area contributed by atoms with Crippen LogP contribution in [-0.4, -0.2) is 21.3 Å². The number of ether oxygens (including phenoxy) is 2. The lowest BCUT2D eigenvalue weighted by atomic mass is 10.1. The van der Waals surface area contributed by atoms with Gasteiger partial charge in [0.2, 0.25) is 0 Å². The highest BCUT2D eigenvalue weighted by Crippen LogP contribution is 2.30. The van der Waals surface area contributed by atoms with Crippen LogP contribution in [0.5, 0.6) is 11.5 Å². The standard InChI is InChI=1S/C16H20N2O2/c1-18(14-6-4-5-7-15(14)19-2)11-12-8-9-13(17)10-16(12)20-3/h4-10H,11,17H2,1-3H3. The Morgan fingerprint density at radius 2 is 1.70 bits per heavy atom. The van der Waals surface area contributed by atoms with E-state index in [-0.39, 0.29) is 0 Å². The zero-order valence-corrected chi connectivity index (χ0v) is 12.1. The lowest BCUT2D eigenvalue weighted by molar-refractivity contribution is 0.408. The van der Waals surface area contributed by atoms with Crippen LogP contribution in [0.25, 0.3) is 0 Å². The van der Waals surface area contributed by atoms with Crippen LogP contribution in [0, 0.1) is 0 Å². The number of anilines is 2. The van der Waals surface area contributed by atoms with Crippen LogP contribution in [-0.2, 0) is 6.54 Å². The predicted molar refractivity (Wildman–Crippen MR) is 82.5 cm³/mol. The van der Waals surface area contributed by atoms with Gasteiger partial charge in [0.25, 0.3) is 0 Å². The topological polar surface area (TPSA) is 47.7 Å². The fourth-order valence-electron chi connectivity index (χ4n) is 2.18. The van der Waals surface area contributed by atoms with Crippen LogP contribution in [0.4, 0.5) is 11.4 Å². The van der Waals surface area contributed by atoms with Gasteiger partial charge in [-0.1, -0.05) is 18.2 Å². The van der Waals surface area contributed by atoms with Gasteiger partial charge in [-0.2, -0.15) is 0 Å². The summed E-state index contributed by atoms with van der Waals surface area (Å²) in [5, 5.41) is 0. The first-order chi connectivity index (χ1) is 9.65. The maximum absolute atomic E-state index is 5.78. The molecule has 0 fully saturated rings. The molecule has 0 aromatic heterocycles. The highest BCUT2D eigenvalue weighted by Gasteiger charge is 2.11. The highest BCUT2D eigenvalue weighted by atomic mass is 16.5. The lowest BCUT2D eigenvalue weighted by Crippen LogP contribution is -2.17. The first kappa shape index (κ1) is 14.1. The Morgan fingerprint density at radius 1 is 1.00 bits per heavy atom. The van der Waals surface area contributed by atoms with Crippen molar-refractivity contribution in [1.29, 1.82) is 0 Å². The number of rotatable bonds is 5. The van der Waals surface area contributed by atoms with E-state index >= 15 is 0 Å². The minimum Gasteiger partial charge on any atom is -0.496 e. The average molecular weight is 272 g/mol. The maximum atomic E-state index is 5.78. The molecule has 0 aliphatic carbocycles. The normalized spacial score (nSPS) is 10.2. The predicted octanol–water partition coefficient (Wildman–Crippen LogP) is 2.92. The molecule has 2 aromatic rings. The molecule has 0 amide bonds. The van der Waals surface area contributed by atoms with Gasteiger partial charge in [0.1, 0.15) is 11.5 Å². The second-order valence-electron chi connectivity index (χ2n) is 4.60. The van der Waals surface area contributed by atoms with Crippen molar-refractivity contribution in [3.8, 4) is 11.5 Å². The number of methoxy groups -OCH3 is 2. The van der Waals surface area contributed by atoms with E-state index in [0.29, 0.717) is 12.2 Å². The molecule has 0 atom stereocenters. The van der Waals surface area contributed by atoms with Crippen LogP contribution >= 0.6 is 0 Å². The number of nitrogens with two attached hydrogens (primary N) is 1. The molecule has 2 N–H and O–H groups in total. The highest BCUT2D eigenvalue weighted by molar-refractivity contribution is 5.59. The summed E-state index contributed by atoms with van der Waals surface area (Å²) in [6.45, 7) is 0.712. The molecule has 106 valence electrons. The Morgan fingerprint density at radius 3 is 2.40 bits per heavy atom. The van der Waals surface area contributed by atoms with Gasteiger partial charge in [-0.05, 0) is 18.2 Å². The Bertz CT molecular complexity index is 584. The summed E-state index contributed by atoms with van der Waals surface area (Å²) in [7, 11) is 5.35. The summed E-state index contributed by atoms with van der Waals surface area (Å²) >= 11 is 0. The van der Waals surface area contributed by atoms with Crippen LogP contribution in [0.15, 0.2) is 42.5 Å². The van der Waals surface area contributed by atoms with Crippen molar-refractivity contribution in [1.82, 2.24) is 0 Å². The van der Waals surface area contributed by atoms with Crippen molar-refractivity contribution in [2.24, 2.45) is 0 Å². The molecule has 0 aliphatic rings. The van der Waals surface area contributed by atoms with Gasteiger partial charge in [-0.3, -0.25) is 0 Å². The molecule has 0 heterocycles. The molecule has 0 unspecified atom stereocenters. The number of nitrogens with zero attached hydrogens (tertiary/aromatic N) is 1. The van der Waals surface area contributed by atoms with Crippen LogP contribution in [0.3, 0.4) is 0 Å². The molecule has 2 aromatic carbocycles. The second kappa shape index (κ2) is 6.19. The number of hydrogen-bond donors (Lipinski definition) is 1. The van der Waals surface area contributed by atoms with E-state index in [1.165, 1.54) is 0 Å². The van der Waals surface area contributed by atoms with Gasteiger partial charge in [-0.15, -0.1) is 0 Å². The molecule has 20 heavy (non-hydrogen) atoms. The van der Waals surface area contributed by atoms with Gasteiger partial charge >= 0.3 is 0 Å². The van der Waals surface area contributed by atoms with Gasteiger partial charge in [0, 0.05) is 30.9 Å². The van der Waals surface area contributed by atoms with Crippen molar-refractivity contribution >= 4 is 11.4 Å². The van der Waals surface area contributed by atoms with Crippen LogP contribution in [0.2, 0.25) is 0 Å². The van der Waals surface area contributed by atoms with Crippen LogP contribution in [0.1, 0.15) is 5.56 Å². The van der Waals surface area contributed by atoms with E-state index in [1.54, 1.807) is 14.2 Å². The third kappa shape index (κ3) is 2.96. The van der Waals surface area contributed by atoms with Crippen molar-refractivity contribution in [3.63, 3.8) is 0 Å². The zero-order valence-electron chi connectivity index (χ0n) is 12.1. The lowest BCUT2D eigenvalue weighted by Gasteiger charge is -2.22. The molecule has 0 saturated carbocycles. The van der Waals surface area contributed by atoms with Crippen molar-refractivity contribution in [3.05, 3.63) is 48.0 Å². The van der Waals surface area contributed by atoms with E-state index in [1.807, 2.05) is 49.5 Å². The number of para-hydroxylation sites is 2. The molecule has 0 bridgehead atoms. The quantitative estimate of drug-likeness (QED) is 0.850. The number of hydrogen-bond acceptors (Lipinski definition) is 4. The summed E-state index contributed by atoms with van der Waals surface area (Å²) < 4.78 is 10.8. The van der Waals surface area contributed by atoms with E-state index in [4.69, 9.17) is 15.2 Å². The third-order valence-electron chi connectivity index (χ3n) is 3.22. The van der Waals surface area contributed by atoms with Gasteiger partial charge in [0.05, 0.1) is 19.9 Å². The average Bonchev–Trinajstić information content (AvgIpc) is 2.48. The largest absolute Gasteiger partial charge is 0.496 e. The Kier molecular flexibility index (Phi) is 4.35. The molecule has 0 spiro atoms.